The van der Waals surface area contributed by atoms with Crippen LogP contribution >= 0.6 is 22.7 Å². The number of aromatic nitrogens is 2. The van der Waals surface area contributed by atoms with Crippen LogP contribution in [-0.2, 0) is 0 Å². The lowest BCUT2D eigenvalue weighted by Gasteiger charge is -1.74. The highest BCUT2D eigenvalue weighted by Gasteiger charge is 2.01. The van der Waals surface area contributed by atoms with Gasteiger partial charge in [-0.1, -0.05) is 0 Å². The smallest absolute Gasteiger partial charge is 0.243 e. The van der Waals surface area contributed by atoms with E-state index >= 15 is 0 Å². The van der Waals surface area contributed by atoms with Gasteiger partial charge in [-0.15, -0.1) is 22.7 Å². The molecule has 2 aromatic rings. The third-order valence-corrected chi connectivity index (χ3v) is 4.25. The van der Waals surface area contributed by atoms with E-state index in [0.717, 1.165) is 0 Å². The summed E-state index contributed by atoms with van der Waals surface area (Å²) >= 11 is 2.35. The normalized spacial score (nSPS) is 14.2. The molecule has 0 amide bonds. The van der Waals surface area contributed by atoms with Crippen LogP contribution in [0.25, 0.3) is 21.1 Å². The molecule has 0 bridgehead atoms. The summed E-state index contributed by atoms with van der Waals surface area (Å²) in [4.78, 5) is 14.4. The topological polar surface area (TPSA) is 82.1 Å². The fraction of sp³-hybridized carbons (Fsp3) is 0. The molecule has 2 aromatic heterocycles. The van der Waals surface area contributed by atoms with Gasteiger partial charge >= 0.3 is 0 Å². The molecule has 2 heterocycles. The van der Waals surface area contributed by atoms with Crippen molar-refractivity contribution >= 4 is 34.1 Å². The van der Waals surface area contributed by atoms with Crippen LogP contribution in [0, 0.1) is 45.1 Å². The first kappa shape index (κ1) is 13.4. The van der Waals surface area contributed by atoms with Gasteiger partial charge in [-0.3, -0.25) is 0 Å². The Hall–Kier alpha value is -3.04. The van der Waals surface area contributed by atoms with E-state index in [1.165, 1.54) is 35.1 Å². The van der Waals surface area contributed by atoms with Crippen molar-refractivity contribution < 1.29 is 0 Å². The molecule has 0 aromatic carbocycles. The van der Waals surface area contributed by atoms with Crippen molar-refractivity contribution in [1.82, 2.24) is 9.97 Å². The van der Waals surface area contributed by atoms with Crippen molar-refractivity contribution in [2.24, 2.45) is 0 Å². The van der Waals surface area contributed by atoms with Gasteiger partial charge in [0.15, 0.2) is 9.33 Å². The second kappa shape index (κ2) is 5.73. The van der Waals surface area contributed by atoms with E-state index in [1.807, 2.05) is 0 Å². The Morgan fingerprint density at radius 1 is 0.950 bits per heavy atom. The quantitative estimate of drug-likeness (QED) is 0.678. The minimum Gasteiger partial charge on any atom is -0.243 e. The number of nitriles is 2. The summed E-state index contributed by atoms with van der Waals surface area (Å²) in [5.41, 5.74) is -0.0353. The van der Waals surface area contributed by atoms with Crippen LogP contribution in [0.2, 0.25) is 0 Å². The zero-order valence-electron chi connectivity index (χ0n) is 9.65. The second-order valence-corrected chi connectivity index (χ2v) is 5.27. The molecule has 0 unspecified atom stereocenters. The Kier molecular flexibility index (Phi) is 3.84. The minimum absolute atomic E-state index is 0.0176. The summed E-state index contributed by atoms with van der Waals surface area (Å²) < 4.78 is 2.05. The fourth-order valence-electron chi connectivity index (χ4n) is 1.24. The number of thiazole rings is 2. The summed E-state index contributed by atoms with van der Waals surface area (Å²) in [6.07, 6.45) is 2.89. The van der Waals surface area contributed by atoms with Gasteiger partial charge in [0.05, 0.1) is 34.3 Å². The zero-order valence-corrected chi connectivity index (χ0v) is 11.3. The number of rotatable bonds is 0. The highest BCUT2D eigenvalue weighted by Crippen LogP contribution is 2.02. The molecular formula is C12H2N6S2. The highest BCUT2D eigenvalue weighted by molar-refractivity contribution is 7.11. The maximum absolute atomic E-state index is 8.79. The third kappa shape index (κ3) is 2.39. The summed E-state index contributed by atoms with van der Waals surface area (Å²) in [5.74, 6) is 0. The lowest BCUT2D eigenvalue weighted by atomic mass is 10.5. The molecule has 0 N–H and O–H groups in total. The second-order valence-electron chi connectivity index (χ2n) is 3.20. The van der Waals surface area contributed by atoms with Gasteiger partial charge in [0.1, 0.15) is 0 Å². The van der Waals surface area contributed by atoms with E-state index in [2.05, 4.69) is 19.7 Å². The number of hydrogen-bond acceptors (Lipinski definition) is 6. The largest absolute Gasteiger partial charge is 0.280 e. The Labute approximate surface area is 120 Å². The van der Waals surface area contributed by atoms with Gasteiger partial charge < -0.3 is 0 Å². The Balaban J connectivity index is 2.84. The van der Waals surface area contributed by atoms with Crippen molar-refractivity contribution in [3.63, 3.8) is 0 Å². The molecule has 0 saturated carbocycles. The van der Waals surface area contributed by atoms with Crippen molar-refractivity contribution in [3.8, 4) is 12.1 Å². The lowest BCUT2D eigenvalue weighted by molar-refractivity contribution is 1.26. The third-order valence-electron chi connectivity index (χ3n) is 2.10. The molecule has 0 aliphatic heterocycles. The molecule has 8 heteroatoms. The molecule has 2 rings (SSSR count). The van der Waals surface area contributed by atoms with Crippen LogP contribution in [0.15, 0.2) is 12.4 Å². The molecule has 0 aliphatic rings. The van der Waals surface area contributed by atoms with Crippen LogP contribution in [0.3, 0.4) is 0 Å². The number of hydrogen-bond donors (Lipinski definition) is 0. The molecule has 92 valence electrons. The molecule has 0 fully saturated rings. The highest BCUT2D eigenvalue weighted by atomic mass is 32.1. The zero-order chi connectivity index (χ0) is 14.5. The van der Waals surface area contributed by atoms with Gasteiger partial charge in [0.25, 0.3) is 11.4 Å². The lowest BCUT2D eigenvalue weighted by Crippen LogP contribution is -1.93. The average Bonchev–Trinajstić information content (AvgIpc) is 3.11. The standard InChI is InChI=1S/C12H2N6S2/c1-15-7(3-13)9-5-17-11(19-9)12-18-6-10(20-12)8(4-14)16-2/h5-6H/b9-7-,10-8+,12-11+. The minimum atomic E-state index is -0.0176. The fourth-order valence-corrected chi connectivity index (χ4v) is 2.98. The Morgan fingerprint density at radius 2 is 1.35 bits per heavy atom. The van der Waals surface area contributed by atoms with Gasteiger partial charge in [-0.2, -0.15) is 0 Å². The average molecular weight is 294 g/mol. The van der Waals surface area contributed by atoms with Gasteiger partial charge in [-0.05, 0) is 0 Å². The molecule has 0 atom stereocenters. The van der Waals surface area contributed by atoms with E-state index < -0.39 is 0 Å². The van der Waals surface area contributed by atoms with Crippen LogP contribution < -0.4 is 9.06 Å². The van der Waals surface area contributed by atoms with Crippen LogP contribution in [-0.4, -0.2) is 9.97 Å². The molecular weight excluding hydrogens is 292 g/mol. The van der Waals surface area contributed by atoms with Crippen LogP contribution in [0.5, 0.6) is 0 Å². The molecule has 0 aliphatic carbocycles. The predicted molar refractivity (Wildman–Crippen MR) is 72.4 cm³/mol. The summed E-state index contributed by atoms with van der Waals surface area (Å²) in [6.45, 7) is 13.8. The van der Waals surface area contributed by atoms with E-state index in [9.17, 15) is 0 Å². The maximum Gasteiger partial charge on any atom is 0.280 e. The number of nitrogens with zero attached hydrogens (tertiary/aromatic N) is 6. The molecule has 0 spiro atoms. The Bertz CT molecular complexity index is 928. The molecule has 0 radical (unpaired) electrons. The van der Waals surface area contributed by atoms with E-state index in [0.29, 0.717) is 18.4 Å². The first-order valence-corrected chi connectivity index (χ1v) is 6.58. The van der Waals surface area contributed by atoms with Gasteiger partial charge in [0.2, 0.25) is 0 Å². The van der Waals surface area contributed by atoms with E-state index in [1.54, 1.807) is 12.1 Å². The van der Waals surface area contributed by atoms with Crippen LogP contribution in [0.4, 0.5) is 0 Å². The van der Waals surface area contributed by atoms with Gasteiger partial charge in [0, 0.05) is 12.4 Å². The summed E-state index contributed by atoms with van der Waals surface area (Å²) in [7, 11) is 0. The summed E-state index contributed by atoms with van der Waals surface area (Å²) in [6, 6.07) is 3.61. The predicted octanol–water partition coefficient (Wildman–Crippen LogP) is 0.989. The van der Waals surface area contributed by atoms with Crippen molar-refractivity contribution in [2.75, 3.05) is 0 Å². The van der Waals surface area contributed by atoms with Crippen molar-refractivity contribution in [1.29, 1.82) is 10.5 Å². The van der Waals surface area contributed by atoms with Crippen molar-refractivity contribution in [2.45, 2.75) is 0 Å². The Morgan fingerprint density at radius 3 is 1.65 bits per heavy atom. The SMILES string of the molecule is [C-]#[N+]/C(C#N)=c1/cn/c(=c2/nc/c(=C(/C#N)[N+]#[C-])s2)s1. The van der Waals surface area contributed by atoms with E-state index in [4.69, 9.17) is 23.7 Å². The first-order valence-electron chi connectivity index (χ1n) is 4.95. The monoisotopic (exact) mass is 294 g/mol. The van der Waals surface area contributed by atoms with Crippen LogP contribution in [0.1, 0.15) is 0 Å². The first-order chi connectivity index (χ1) is 9.73. The van der Waals surface area contributed by atoms with Gasteiger partial charge in [-0.25, -0.2) is 30.2 Å². The van der Waals surface area contributed by atoms with Crippen molar-refractivity contribution in [3.05, 3.63) is 53.6 Å². The molecule has 0 saturated heterocycles. The summed E-state index contributed by atoms with van der Waals surface area (Å²) in [5, 5.41) is 17.6. The van der Waals surface area contributed by atoms with E-state index in [-0.39, 0.29) is 11.4 Å². The maximum atomic E-state index is 8.79. The molecule has 20 heavy (non-hydrogen) atoms. The molecule has 6 nitrogen and oxygen atoms in total.